The van der Waals surface area contributed by atoms with E-state index < -0.39 is 17.4 Å². The number of nitrogens with zero attached hydrogens (tertiary/aromatic N) is 1. The Bertz CT molecular complexity index is 286. The maximum absolute atomic E-state index is 11.8. The fourth-order valence-corrected chi connectivity index (χ4v) is 1.77. The highest BCUT2D eigenvalue weighted by atomic mass is 16.5. The van der Waals surface area contributed by atoms with Gasteiger partial charge in [-0.05, 0) is 13.8 Å². The SMILES string of the molecule is COCC(C)(C)NC(=O)C(=O)N1CCNCC1. The summed E-state index contributed by atoms with van der Waals surface area (Å²) in [6.07, 6.45) is 0. The van der Waals surface area contributed by atoms with Gasteiger partial charge in [0.25, 0.3) is 0 Å². The molecule has 0 bridgehead atoms. The number of carbonyl (C=O) groups is 2. The minimum Gasteiger partial charge on any atom is -0.382 e. The molecule has 1 aliphatic rings. The minimum absolute atomic E-state index is 0.369. The van der Waals surface area contributed by atoms with E-state index in [4.69, 9.17) is 4.74 Å². The van der Waals surface area contributed by atoms with Gasteiger partial charge in [-0.3, -0.25) is 9.59 Å². The summed E-state index contributed by atoms with van der Waals surface area (Å²) in [5, 5.41) is 5.81. The summed E-state index contributed by atoms with van der Waals surface area (Å²) < 4.78 is 4.98. The molecule has 0 aromatic heterocycles. The van der Waals surface area contributed by atoms with E-state index in [1.165, 1.54) is 0 Å². The predicted molar refractivity (Wildman–Crippen MR) is 63.5 cm³/mol. The molecule has 0 unspecified atom stereocenters. The molecule has 6 heteroatoms. The smallest absolute Gasteiger partial charge is 0.311 e. The lowest BCUT2D eigenvalue weighted by Gasteiger charge is -2.29. The van der Waals surface area contributed by atoms with Gasteiger partial charge in [-0.2, -0.15) is 0 Å². The van der Waals surface area contributed by atoms with Crippen LogP contribution in [0.1, 0.15) is 13.8 Å². The molecule has 2 N–H and O–H groups in total. The first-order valence-corrected chi connectivity index (χ1v) is 5.77. The second-order valence-electron chi connectivity index (χ2n) is 4.81. The summed E-state index contributed by atoms with van der Waals surface area (Å²) in [5.41, 5.74) is -0.532. The molecule has 17 heavy (non-hydrogen) atoms. The highest BCUT2D eigenvalue weighted by Crippen LogP contribution is 2.03. The summed E-state index contributed by atoms with van der Waals surface area (Å²) in [4.78, 5) is 25.1. The number of ether oxygens (including phenoxy) is 1. The first-order chi connectivity index (χ1) is 7.96. The molecule has 0 spiro atoms. The van der Waals surface area contributed by atoms with Crippen molar-refractivity contribution < 1.29 is 14.3 Å². The van der Waals surface area contributed by atoms with Gasteiger partial charge in [-0.1, -0.05) is 0 Å². The fourth-order valence-electron chi connectivity index (χ4n) is 1.77. The average molecular weight is 243 g/mol. The Morgan fingerprint density at radius 3 is 2.47 bits per heavy atom. The second-order valence-corrected chi connectivity index (χ2v) is 4.81. The van der Waals surface area contributed by atoms with Crippen molar-refractivity contribution in [2.24, 2.45) is 0 Å². The van der Waals surface area contributed by atoms with Gasteiger partial charge in [-0.15, -0.1) is 0 Å². The van der Waals surface area contributed by atoms with Crippen LogP contribution >= 0.6 is 0 Å². The van der Waals surface area contributed by atoms with E-state index in [0.29, 0.717) is 19.7 Å². The average Bonchev–Trinajstić information content (AvgIpc) is 2.28. The van der Waals surface area contributed by atoms with Crippen molar-refractivity contribution in [2.75, 3.05) is 39.9 Å². The van der Waals surface area contributed by atoms with Crippen molar-refractivity contribution >= 4 is 11.8 Å². The predicted octanol–water partition coefficient (Wildman–Crippen LogP) is -1.04. The van der Waals surface area contributed by atoms with E-state index in [9.17, 15) is 9.59 Å². The first-order valence-electron chi connectivity index (χ1n) is 5.77. The molecule has 0 aliphatic carbocycles. The standard InChI is InChI=1S/C11H21N3O3/c1-11(2,8-17-3)13-9(15)10(16)14-6-4-12-5-7-14/h12H,4-8H2,1-3H3,(H,13,15). The van der Waals surface area contributed by atoms with E-state index >= 15 is 0 Å². The topological polar surface area (TPSA) is 70.7 Å². The molecule has 1 heterocycles. The number of rotatable bonds is 3. The van der Waals surface area contributed by atoms with Crippen molar-refractivity contribution in [1.82, 2.24) is 15.5 Å². The largest absolute Gasteiger partial charge is 0.382 e. The van der Waals surface area contributed by atoms with E-state index in [1.54, 1.807) is 12.0 Å². The Labute approximate surface area is 102 Å². The van der Waals surface area contributed by atoms with Crippen LogP contribution in [0.4, 0.5) is 0 Å². The fraction of sp³-hybridized carbons (Fsp3) is 0.818. The number of hydrogen-bond donors (Lipinski definition) is 2. The van der Waals surface area contributed by atoms with Crippen LogP contribution in [0, 0.1) is 0 Å². The lowest BCUT2D eigenvalue weighted by Crippen LogP contribution is -2.55. The number of carbonyl (C=O) groups excluding carboxylic acids is 2. The van der Waals surface area contributed by atoms with Crippen LogP contribution in [-0.4, -0.2) is 62.1 Å². The van der Waals surface area contributed by atoms with Crippen molar-refractivity contribution in [2.45, 2.75) is 19.4 Å². The maximum Gasteiger partial charge on any atom is 0.311 e. The van der Waals surface area contributed by atoms with E-state index in [1.807, 2.05) is 13.8 Å². The highest BCUT2D eigenvalue weighted by Gasteiger charge is 2.28. The Morgan fingerprint density at radius 2 is 1.94 bits per heavy atom. The second kappa shape index (κ2) is 5.97. The number of methoxy groups -OCH3 is 1. The van der Waals surface area contributed by atoms with Gasteiger partial charge < -0.3 is 20.3 Å². The zero-order chi connectivity index (χ0) is 12.9. The molecule has 0 radical (unpaired) electrons. The molecule has 1 aliphatic heterocycles. The van der Waals surface area contributed by atoms with E-state index in [2.05, 4.69) is 10.6 Å². The van der Waals surface area contributed by atoms with Crippen molar-refractivity contribution in [3.8, 4) is 0 Å². The molecule has 0 saturated carbocycles. The monoisotopic (exact) mass is 243 g/mol. The van der Waals surface area contributed by atoms with Gasteiger partial charge >= 0.3 is 11.8 Å². The van der Waals surface area contributed by atoms with E-state index in [0.717, 1.165) is 13.1 Å². The summed E-state index contributed by atoms with van der Waals surface area (Å²) in [6, 6.07) is 0. The van der Waals surface area contributed by atoms with Crippen molar-refractivity contribution in [3.63, 3.8) is 0 Å². The summed E-state index contributed by atoms with van der Waals surface area (Å²) in [6.45, 7) is 6.64. The molecule has 0 atom stereocenters. The van der Waals surface area contributed by atoms with Crippen LogP contribution in [0.25, 0.3) is 0 Å². The van der Waals surface area contributed by atoms with Crippen LogP contribution in [0.2, 0.25) is 0 Å². The number of nitrogens with one attached hydrogen (secondary N) is 2. The van der Waals surface area contributed by atoms with Gasteiger partial charge in [0.2, 0.25) is 0 Å². The number of piperazine rings is 1. The quantitative estimate of drug-likeness (QED) is 0.621. The number of hydrogen-bond acceptors (Lipinski definition) is 4. The molecule has 1 saturated heterocycles. The maximum atomic E-state index is 11.8. The van der Waals surface area contributed by atoms with Gasteiger partial charge in [0, 0.05) is 33.3 Å². The van der Waals surface area contributed by atoms with Gasteiger partial charge in [-0.25, -0.2) is 0 Å². The Kier molecular flexibility index (Phi) is 4.89. The molecule has 6 nitrogen and oxygen atoms in total. The highest BCUT2D eigenvalue weighted by molar-refractivity contribution is 6.35. The molecule has 0 aromatic carbocycles. The van der Waals surface area contributed by atoms with Crippen LogP contribution in [-0.2, 0) is 14.3 Å². The van der Waals surface area contributed by atoms with Crippen LogP contribution in [0.15, 0.2) is 0 Å². The lowest BCUT2D eigenvalue weighted by atomic mass is 10.1. The number of amides is 2. The molecule has 2 amide bonds. The summed E-state index contributed by atoms with van der Waals surface area (Å²) >= 11 is 0. The Morgan fingerprint density at radius 1 is 1.35 bits per heavy atom. The molecule has 0 aromatic rings. The van der Waals surface area contributed by atoms with E-state index in [-0.39, 0.29) is 0 Å². The molecule has 1 fully saturated rings. The molecule has 1 rings (SSSR count). The van der Waals surface area contributed by atoms with Gasteiger partial charge in [0.05, 0.1) is 12.1 Å². The third-order valence-corrected chi connectivity index (χ3v) is 2.56. The molecular weight excluding hydrogens is 222 g/mol. The van der Waals surface area contributed by atoms with Crippen LogP contribution < -0.4 is 10.6 Å². The zero-order valence-electron chi connectivity index (χ0n) is 10.7. The third-order valence-electron chi connectivity index (χ3n) is 2.56. The molecule has 98 valence electrons. The first kappa shape index (κ1) is 13.9. The Hall–Kier alpha value is -1.14. The molecular formula is C11H21N3O3. The van der Waals surface area contributed by atoms with Crippen molar-refractivity contribution in [3.05, 3.63) is 0 Å². The summed E-state index contributed by atoms with van der Waals surface area (Å²) in [7, 11) is 1.56. The Balaban J connectivity index is 2.48. The van der Waals surface area contributed by atoms with Gasteiger partial charge in [0.1, 0.15) is 0 Å². The minimum atomic E-state index is -0.561. The lowest BCUT2D eigenvalue weighted by molar-refractivity contribution is -0.147. The van der Waals surface area contributed by atoms with Crippen molar-refractivity contribution in [1.29, 1.82) is 0 Å². The third kappa shape index (κ3) is 4.32. The summed E-state index contributed by atoms with van der Waals surface area (Å²) in [5.74, 6) is -1.02. The van der Waals surface area contributed by atoms with Crippen LogP contribution in [0.3, 0.4) is 0 Å². The van der Waals surface area contributed by atoms with Crippen LogP contribution in [0.5, 0.6) is 0 Å². The normalized spacial score (nSPS) is 16.8. The zero-order valence-corrected chi connectivity index (χ0v) is 10.7. The van der Waals surface area contributed by atoms with Gasteiger partial charge in [0.15, 0.2) is 0 Å².